The average molecular weight is 302 g/mol. The van der Waals surface area contributed by atoms with Crippen molar-refractivity contribution in [3.05, 3.63) is 5.56 Å². The van der Waals surface area contributed by atoms with Crippen LogP contribution in [0.1, 0.15) is 19.4 Å². The van der Waals surface area contributed by atoms with Crippen LogP contribution in [0, 0.1) is 0 Å². The van der Waals surface area contributed by atoms with Gasteiger partial charge in [0, 0.05) is 0 Å². The van der Waals surface area contributed by atoms with Crippen LogP contribution in [0.25, 0.3) is 0 Å². The van der Waals surface area contributed by atoms with Crippen LogP contribution in [0.5, 0.6) is 11.5 Å². The van der Waals surface area contributed by atoms with Crippen LogP contribution >= 0.6 is 0 Å². The topological polar surface area (TPSA) is 30.5 Å². The first-order valence-electron chi connectivity index (χ1n) is 8.49. The Balaban J connectivity index is 2.63. The molecule has 114 valence electrons. The molecule has 1 aliphatic heterocycles. The molecule has 0 saturated carbocycles. The van der Waals surface area contributed by atoms with Crippen LogP contribution in [-0.4, -0.2) is 80.3 Å². The van der Waals surface area contributed by atoms with Crippen LogP contribution in [-0.2, 0) is 5.21 Å². The number of fused-ring (bicyclic) bond motifs is 1. The monoisotopic (exact) mass is 303 g/mol. The second kappa shape index (κ2) is 5.68. The SMILES string of the molecule is Bc1c(B)c(C(B)(B)C(B)(C)NC(B)(B)C)c(B)c2c1OCO2. The van der Waals surface area contributed by atoms with Crippen LogP contribution in [0.2, 0.25) is 0 Å². The number of rotatable bonds is 4. The molecule has 1 aromatic rings. The summed E-state index contributed by atoms with van der Waals surface area (Å²) in [6, 6.07) is 0. The molecule has 0 fully saturated rings. The molecule has 0 spiro atoms. The summed E-state index contributed by atoms with van der Waals surface area (Å²) in [5.41, 5.74) is 4.98. The highest BCUT2D eigenvalue weighted by atomic mass is 16.7. The Bertz CT molecular complexity index is 641. The third-order valence-corrected chi connectivity index (χ3v) is 5.48. The highest BCUT2D eigenvalue weighted by molar-refractivity contribution is 6.57. The normalized spacial score (nSPS) is 17.0. The van der Waals surface area contributed by atoms with Crippen LogP contribution in [0.3, 0.4) is 0 Å². The third-order valence-electron chi connectivity index (χ3n) is 5.48. The summed E-state index contributed by atoms with van der Waals surface area (Å²) in [6.07, 6.45) is 0. The van der Waals surface area contributed by atoms with Crippen molar-refractivity contribution in [2.45, 2.75) is 29.8 Å². The highest BCUT2D eigenvalue weighted by Gasteiger charge is 2.42. The molecule has 1 unspecified atom stereocenters. The molecular weight excluding hydrogens is 277 g/mol. The molecule has 1 aromatic carbocycles. The molecule has 3 nitrogen and oxygen atoms in total. The van der Waals surface area contributed by atoms with Gasteiger partial charge in [0.2, 0.25) is 6.79 Å². The maximum atomic E-state index is 5.77. The molecule has 23 heavy (non-hydrogen) atoms. The number of benzene rings is 1. The van der Waals surface area contributed by atoms with E-state index in [0.717, 1.165) is 11.5 Å². The molecule has 0 radical (unpaired) electrons. The quantitative estimate of drug-likeness (QED) is 0.561. The fraction of sp³-hybridized carbons (Fsp3) is 0.500. The zero-order valence-electron chi connectivity index (χ0n) is 16.5. The van der Waals surface area contributed by atoms with Crippen LogP contribution in [0.15, 0.2) is 0 Å². The van der Waals surface area contributed by atoms with Crippen molar-refractivity contribution < 1.29 is 9.47 Å². The first-order chi connectivity index (χ1) is 10.3. The van der Waals surface area contributed by atoms with Crippen molar-refractivity contribution >= 4 is 79.2 Å². The van der Waals surface area contributed by atoms with Gasteiger partial charge in [0.25, 0.3) is 0 Å². The predicted molar refractivity (Wildman–Crippen MR) is 121 cm³/mol. The number of hydrogen-bond donors (Lipinski definition) is 1. The molecule has 1 aliphatic rings. The van der Waals surface area contributed by atoms with E-state index >= 15 is 0 Å². The second-order valence-corrected chi connectivity index (χ2v) is 8.94. The largest absolute Gasteiger partial charge is 0.454 e. The van der Waals surface area contributed by atoms with E-state index in [1.807, 2.05) is 0 Å². The molecule has 1 atom stereocenters. The summed E-state index contributed by atoms with van der Waals surface area (Å²) in [7, 11) is 17.9. The summed E-state index contributed by atoms with van der Waals surface area (Å²) < 4.78 is 11.5. The minimum atomic E-state index is -0.0824. The van der Waals surface area contributed by atoms with Gasteiger partial charge in [-0.1, -0.05) is 30.1 Å². The van der Waals surface area contributed by atoms with Gasteiger partial charge in [0.1, 0.15) is 62.8 Å². The molecule has 1 heterocycles. The average Bonchev–Trinajstić information content (AvgIpc) is 2.82. The van der Waals surface area contributed by atoms with Gasteiger partial charge in [-0.25, -0.2) is 0 Å². The summed E-state index contributed by atoms with van der Waals surface area (Å²) in [5, 5.41) is 3.78. The van der Waals surface area contributed by atoms with Crippen molar-refractivity contribution in [1.82, 2.24) is 5.32 Å². The summed E-state index contributed by atoms with van der Waals surface area (Å²) in [6.45, 7) is 4.83. The Kier molecular flexibility index (Phi) is 4.60. The molecule has 0 amide bonds. The zero-order chi connectivity index (χ0) is 17.8. The van der Waals surface area contributed by atoms with E-state index in [2.05, 4.69) is 81.9 Å². The summed E-state index contributed by atoms with van der Waals surface area (Å²) in [5.74, 6) is 1.84. The van der Waals surface area contributed by atoms with E-state index in [-0.39, 0.29) is 16.0 Å². The lowest BCUT2D eigenvalue weighted by atomic mass is 9.35. The van der Waals surface area contributed by atoms with Crippen molar-refractivity contribution in [3.8, 4) is 11.5 Å². The van der Waals surface area contributed by atoms with E-state index in [9.17, 15) is 0 Å². The molecule has 1 N–H and O–H groups in total. The maximum Gasteiger partial charge on any atom is 0.231 e. The maximum absolute atomic E-state index is 5.77. The van der Waals surface area contributed by atoms with Gasteiger partial charge >= 0.3 is 0 Å². The first-order valence-corrected chi connectivity index (χ1v) is 8.49. The van der Waals surface area contributed by atoms with Crippen molar-refractivity contribution in [2.75, 3.05) is 6.79 Å². The molecular formula is C12H25B8NO2. The van der Waals surface area contributed by atoms with Gasteiger partial charge in [-0.2, -0.15) is 0 Å². The van der Waals surface area contributed by atoms with E-state index < -0.39 is 0 Å². The lowest BCUT2D eigenvalue weighted by molar-refractivity contribution is 0.175. The Morgan fingerprint density at radius 2 is 1.30 bits per heavy atom. The fourth-order valence-electron chi connectivity index (χ4n) is 3.93. The molecule has 0 saturated heterocycles. The van der Waals surface area contributed by atoms with Gasteiger partial charge in [-0.3, -0.25) is 0 Å². The Hall–Kier alpha value is -0.701. The molecule has 0 aliphatic carbocycles. The number of nitrogens with one attached hydrogen (secondary N) is 1. The smallest absolute Gasteiger partial charge is 0.231 e. The third kappa shape index (κ3) is 3.14. The lowest BCUT2D eigenvalue weighted by Gasteiger charge is -2.49. The van der Waals surface area contributed by atoms with Gasteiger partial charge in [0.05, 0.1) is 0 Å². The Morgan fingerprint density at radius 1 is 0.826 bits per heavy atom. The fourth-order valence-corrected chi connectivity index (χ4v) is 3.93. The van der Waals surface area contributed by atoms with Gasteiger partial charge in [0.15, 0.2) is 11.5 Å². The lowest BCUT2D eigenvalue weighted by Crippen LogP contribution is -2.69. The molecule has 0 bridgehead atoms. The second-order valence-electron chi connectivity index (χ2n) is 8.94. The number of ether oxygens (including phenoxy) is 2. The first kappa shape index (κ1) is 18.6. The van der Waals surface area contributed by atoms with Gasteiger partial charge in [-0.15, -0.1) is 0 Å². The minimum Gasteiger partial charge on any atom is -0.454 e. The summed E-state index contributed by atoms with van der Waals surface area (Å²) in [4.78, 5) is 0. The Morgan fingerprint density at radius 3 is 1.78 bits per heavy atom. The zero-order valence-corrected chi connectivity index (χ0v) is 16.5. The van der Waals surface area contributed by atoms with Gasteiger partial charge < -0.3 is 14.8 Å². The summed E-state index contributed by atoms with van der Waals surface area (Å²) >= 11 is 0. The molecule has 2 rings (SSSR count). The highest BCUT2D eigenvalue weighted by Crippen LogP contribution is 2.33. The van der Waals surface area contributed by atoms with E-state index in [1.54, 1.807) is 0 Å². The van der Waals surface area contributed by atoms with Crippen LogP contribution < -0.4 is 31.2 Å². The molecule has 0 aromatic heterocycles. The van der Waals surface area contributed by atoms with Gasteiger partial charge in [-0.05, 0) is 21.7 Å². The molecule has 11 heteroatoms. The van der Waals surface area contributed by atoms with E-state index in [0.29, 0.717) is 6.79 Å². The van der Waals surface area contributed by atoms with E-state index in [4.69, 9.17) is 9.47 Å². The van der Waals surface area contributed by atoms with Crippen LogP contribution in [0.4, 0.5) is 0 Å². The number of hydrogen-bond acceptors (Lipinski definition) is 3. The van der Waals surface area contributed by atoms with Crippen molar-refractivity contribution in [2.24, 2.45) is 0 Å². The predicted octanol–water partition coefficient (Wildman–Crippen LogP) is -8.51. The van der Waals surface area contributed by atoms with E-state index in [1.165, 1.54) is 22.0 Å². The minimum absolute atomic E-state index is 0.0496. The van der Waals surface area contributed by atoms with Crippen molar-refractivity contribution in [3.63, 3.8) is 0 Å². The Labute approximate surface area is 148 Å². The van der Waals surface area contributed by atoms with Crippen molar-refractivity contribution in [1.29, 1.82) is 0 Å². The standard InChI is InChI=1S/C12H25B8NO2/c1-10(16,21-11(2,17)18)12(19,20)4-5(13)7(15)9-8(6(4)14)22-3-23-9/h21H,3,13-20H2,1-2H3.